The number of halogens is 2. The topological polar surface area (TPSA) is 66.4 Å². The van der Waals surface area contributed by atoms with Crippen LogP contribution in [-0.4, -0.2) is 24.2 Å². The van der Waals surface area contributed by atoms with Gasteiger partial charge in [0.05, 0.1) is 11.9 Å². The van der Waals surface area contributed by atoms with Crippen LogP contribution in [0.2, 0.25) is 0 Å². The van der Waals surface area contributed by atoms with Crippen LogP contribution in [0.4, 0.5) is 5.69 Å². The highest BCUT2D eigenvalue weighted by Gasteiger charge is 2.05. The second-order valence-electron chi connectivity index (χ2n) is 4.04. The maximum absolute atomic E-state index is 11.8. The average Bonchev–Trinajstić information content (AvgIpc) is 2.48. The van der Waals surface area contributed by atoms with Crippen molar-refractivity contribution >= 4 is 63.0 Å². The number of aromatic nitrogens is 1. The highest BCUT2D eigenvalue weighted by atomic mass is 127. The average molecular weight is 506 g/mol. The molecule has 0 aliphatic heterocycles. The third-order valence-electron chi connectivity index (χ3n) is 2.64. The summed E-state index contributed by atoms with van der Waals surface area (Å²) in [6, 6.07) is 7.27. The number of nitrogens with zero attached hydrogens (tertiary/aromatic N) is 2. The fourth-order valence-corrected chi connectivity index (χ4v) is 4.00. The fraction of sp³-hybridized carbons (Fsp3) is 0.0714. The Morgan fingerprint density at radius 1 is 1.24 bits per heavy atom. The minimum atomic E-state index is -0.259. The number of rotatable bonds is 4. The maximum atomic E-state index is 11.8. The number of carbonyl (C=O) groups excluding carboxylic acids is 1. The molecule has 0 aliphatic carbocycles. The fourth-order valence-electron chi connectivity index (χ4n) is 1.64. The first-order chi connectivity index (χ1) is 10.1. The molecule has 2 aromatic rings. The van der Waals surface area contributed by atoms with Gasteiger partial charge in [-0.05, 0) is 75.0 Å². The number of hydrogen-bond donors (Lipinski definition) is 2. The zero-order chi connectivity index (χ0) is 15.2. The van der Waals surface area contributed by atoms with Crippen molar-refractivity contribution in [3.63, 3.8) is 0 Å². The minimum absolute atomic E-state index is 0.259. The van der Waals surface area contributed by atoms with Gasteiger partial charge in [-0.3, -0.25) is 9.78 Å². The lowest BCUT2D eigenvalue weighted by molar-refractivity contribution is 0.0955. The molecule has 21 heavy (non-hydrogen) atoms. The minimum Gasteiger partial charge on any atom is -0.386 e. The summed E-state index contributed by atoms with van der Waals surface area (Å²) in [4.78, 5) is 15.7. The molecule has 1 aromatic heterocycles. The molecule has 2 rings (SSSR count). The number of anilines is 1. The Bertz CT molecular complexity index is 651. The van der Waals surface area contributed by atoms with Gasteiger partial charge in [-0.1, -0.05) is 0 Å². The van der Waals surface area contributed by atoms with E-state index in [1.54, 1.807) is 30.7 Å². The molecule has 0 spiro atoms. The maximum Gasteiger partial charge on any atom is 0.271 e. The molecule has 1 heterocycles. The van der Waals surface area contributed by atoms with Crippen LogP contribution >= 0.6 is 45.2 Å². The molecule has 0 radical (unpaired) electrons. The molecular formula is C14H12I2N4O. The summed E-state index contributed by atoms with van der Waals surface area (Å²) in [5, 5.41) is 7.14. The van der Waals surface area contributed by atoms with Crippen molar-refractivity contribution in [2.24, 2.45) is 5.10 Å². The highest BCUT2D eigenvalue weighted by molar-refractivity contribution is 14.1. The molecule has 1 amide bonds. The predicted molar refractivity (Wildman–Crippen MR) is 101 cm³/mol. The molecule has 5 nitrogen and oxygen atoms in total. The lowest BCUT2D eigenvalue weighted by Crippen LogP contribution is -2.17. The second kappa shape index (κ2) is 7.69. The van der Waals surface area contributed by atoms with Gasteiger partial charge in [0.15, 0.2) is 0 Å². The zero-order valence-electron chi connectivity index (χ0n) is 11.1. The Kier molecular flexibility index (Phi) is 5.91. The molecule has 0 saturated heterocycles. The van der Waals surface area contributed by atoms with Gasteiger partial charge in [-0.25, -0.2) is 5.43 Å². The van der Waals surface area contributed by atoms with Crippen molar-refractivity contribution in [1.82, 2.24) is 10.4 Å². The summed E-state index contributed by atoms with van der Waals surface area (Å²) in [5.41, 5.74) is 5.04. The summed E-state index contributed by atoms with van der Waals surface area (Å²) >= 11 is 4.53. The SMILES string of the molecule is CNc1c(I)cc(/C=N\NC(=O)c2ccncc2)cc1I. The van der Waals surface area contributed by atoms with Gasteiger partial charge in [-0.15, -0.1) is 0 Å². The molecule has 0 unspecified atom stereocenters. The van der Waals surface area contributed by atoms with Crippen LogP contribution in [-0.2, 0) is 0 Å². The summed E-state index contributed by atoms with van der Waals surface area (Å²) in [5.74, 6) is -0.259. The van der Waals surface area contributed by atoms with Crippen molar-refractivity contribution in [2.45, 2.75) is 0 Å². The Morgan fingerprint density at radius 2 is 1.86 bits per heavy atom. The molecule has 7 heteroatoms. The van der Waals surface area contributed by atoms with E-state index in [9.17, 15) is 4.79 Å². The number of amides is 1. The van der Waals surface area contributed by atoms with E-state index in [-0.39, 0.29) is 5.91 Å². The zero-order valence-corrected chi connectivity index (χ0v) is 15.4. The molecule has 0 aliphatic rings. The van der Waals surface area contributed by atoms with Gasteiger partial charge in [0, 0.05) is 32.1 Å². The van der Waals surface area contributed by atoms with Gasteiger partial charge < -0.3 is 5.32 Å². The van der Waals surface area contributed by atoms with E-state index in [2.05, 4.69) is 66.0 Å². The first-order valence-electron chi connectivity index (χ1n) is 6.02. The summed E-state index contributed by atoms with van der Waals surface area (Å²) < 4.78 is 2.20. The van der Waals surface area contributed by atoms with Crippen LogP contribution in [0, 0.1) is 7.14 Å². The van der Waals surface area contributed by atoms with Crippen LogP contribution < -0.4 is 10.7 Å². The number of carbonyl (C=O) groups is 1. The van der Waals surface area contributed by atoms with Gasteiger partial charge in [-0.2, -0.15) is 5.10 Å². The Hall–Kier alpha value is -1.23. The highest BCUT2D eigenvalue weighted by Crippen LogP contribution is 2.25. The third kappa shape index (κ3) is 4.37. The number of hydrazone groups is 1. The van der Waals surface area contributed by atoms with Crippen LogP contribution in [0.15, 0.2) is 41.8 Å². The largest absolute Gasteiger partial charge is 0.386 e. The van der Waals surface area contributed by atoms with Gasteiger partial charge in [0.1, 0.15) is 0 Å². The summed E-state index contributed by atoms with van der Waals surface area (Å²) in [7, 11) is 1.89. The quantitative estimate of drug-likeness (QED) is 0.381. The molecule has 2 N–H and O–H groups in total. The molecular weight excluding hydrogens is 494 g/mol. The van der Waals surface area contributed by atoms with E-state index in [0.29, 0.717) is 5.56 Å². The van der Waals surface area contributed by atoms with E-state index in [1.165, 1.54) is 0 Å². The Morgan fingerprint density at radius 3 is 2.43 bits per heavy atom. The first-order valence-corrected chi connectivity index (χ1v) is 8.18. The van der Waals surface area contributed by atoms with E-state index in [4.69, 9.17) is 0 Å². The van der Waals surface area contributed by atoms with Crippen LogP contribution in [0.25, 0.3) is 0 Å². The Labute approximate surface area is 149 Å². The molecule has 1 aromatic carbocycles. The number of pyridine rings is 1. The predicted octanol–water partition coefficient (Wildman–Crippen LogP) is 3.10. The van der Waals surface area contributed by atoms with Crippen molar-refractivity contribution in [1.29, 1.82) is 0 Å². The monoisotopic (exact) mass is 506 g/mol. The van der Waals surface area contributed by atoms with Gasteiger partial charge >= 0.3 is 0 Å². The Balaban J connectivity index is 2.07. The van der Waals surface area contributed by atoms with Crippen molar-refractivity contribution < 1.29 is 4.79 Å². The van der Waals surface area contributed by atoms with Crippen LogP contribution in [0.3, 0.4) is 0 Å². The summed E-state index contributed by atoms with van der Waals surface area (Å²) in [6.45, 7) is 0. The van der Waals surface area contributed by atoms with Crippen molar-refractivity contribution in [3.8, 4) is 0 Å². The van der Waals surface area contributed by atoms with E-state index in [0.717, 1.165) is 18.4 Å². The first kappa shape index (κ1) is 16.1. The van der Waals surface area contributed by atoms with Gasteiger partial charge in [0.25, 0.3) is 5.91 Å². The molecule has 0 saturated carbocycles. The number of hydrogen-bond acceptors (Lipinski definition) is 4. The van der Waals surface area contributed by atoms with Crippen molar-refractivity contribution in [2.75, 3.05) is 12.4 Å². The van der Waals surface area contributed by atoms with Crippen LogP contribution in [0.5, 0.6) is 0 Å². The molecule has 0 bridgehead atoms. The smallest absolute Gasteiger partial charge is 0.271 e. The third-order valence-corrected chi connectivity index (χ3v) is 4.34. The van der Waals surface area contributed by atoms with Crippen LogP contribution in [0.1, 0.15) is 15.9 Å². The van der Waals surface area contributed by atoms with E-state index in [1.807, 2.05) is 19.2 Å². The second-order valence-corrected chi connectivity index (χ2v) is 6.37. The number of nitrogens with one attached hydrogen (secondary N) is 2. The standard InChI is InChI=1S/C14H12I2N4O/c1-17-13-11(15)6-9(7-12(13)16)8-19-20-14(21)10-2-4-18-5-3-10/h2-8,17H,1H3,(H,20,21)/b19-8-. The lowest BCUT2D eigenvalue weighted by Gasteiger charge is -2.07. The summed E-state index contributed by atoms with van der Waals surface area (Å²) in [6.07, 6.45) is 4.77. The molecule has 0 fully saturated rings. The van der Waals surface area contributed by atoms with Crippen molar-refractivity contribution in [3.05, 3.63) is 54.9 Å². The van der Waals surface area contributed by atoms with E-state index < -0.39 is 0 Å². The van der Waals surface area contributed by atoms with E-state index >= 15 is 0 Å². The number of benzene rings is 1. The molecule has 108 valence electrons. The van der Waals surface area contributed by atoms with Gasteiger partial charge in [0.2, 0.25) is 0 Å². The normalized spacial score (nSPS) is 10.6. The molecule has 0 atom stereocenters. The lowest BCUT2D eigenvalue weighted by atomic mass is 10.2.